The average Bonchev–Trinajstić information content (AvgIpc) is 2.16. The van der Waals surface area contributed by atoms with Crippen molar-refractivity contribution >= 4 is 16.9 Å². The largest absolute Gasteiger partial charge is 0.496 e. The number of hydrogen-bond donors (Lipinski definition) is 1. The molecule has 2 aromatic rings. The molecule has 2 heterocycles. The molecule has 0 fully saturated rings. The fourth-order valence-corrected chi connectivity index (χ4v) is 1.34. The minimum Gasteiger partial charge on any atom is -0.496 e. The molecule has 0 amide bonds. The molecule has 0 spiro atoms. The van der Waals surface area contributed by atoms with Gasteiger partial charge in [0, 0.05) is 6.20 Å². The third kappa shape index (κ3) is 1.22. The van der Waals surface area contributed by atoms with Gasteiger partial charge in [-0.1, -0.05) is 0 Å². The zero-order valence-corrected chi connectivity index (χ0v) is 7.98. The highest BCUT2D eigenvalue weighted by Gasteiger charge is 2.08. The van der Waals surface area contributed by atoms with Crippen LogP contribution >= 0.6 is 0 Å². The predicted octanol–water partition coefficient (Wildman–Crippen LogP) is 0.924. The lowest BCUT2D eigenvalue weighted by Gasteiger charge is -2.06. The standard InChI is InChI=1S/C9H10N4O/c1-5-12-8(10)7-6(14-2)3-4-11-9(7)13-5/h3-4H,1-2H3,(H2,10,11,12,13). The number of ether oxygens (including phenoxy) is 1. The van der Waals surface area contributed by atoms with Crippen LogP contribution in [0.5, 0.6) is 5.75 Å². The summed E-state index contributed by atoms with van der Waals surface area (Å²) >= 11 is 0. The summed E-state index contributed by atoms with van der Waals surface area (Å²) in [5.41, 5.74) is 6.33. The molecule has 0 aliphatic carbocycles. The number of nitrogens with zero attached hydrogens (tertiary/aromatic N) is 3. The molecule has 0 aliphatic rings. The zero-order valence-electron chi connectivity index (χ0n) is 7.98. The first-order valence-electron chi connectivity index (χ1n) is 4.15. The number of pyridine rings is 1. The van der Waals surface area contributed by atoms with Crippen LogP contribution in [0.2, 0.25) is 0 Å². The Bertz CT molecular complexity index is 483. The van der Waals surface area contributed by atoms with Gasteiger partial charge in [0.2, 0.25) is 0 Å². The fourth-order valence-electron chi connectivity index (χ4n) is 1.34. The molecule has 0 radical (unpaired) electrons. The summed E-state index contributed by atoms with van der Waals surface area (Å²) in [7, 11) is 1.58. The van der Waals surface area contributed by atoms with Crippen molar-refractivity contribution in [1.82, 2.24) is 15.0 Å². The molecule has 0 bridgehead atoms. The second-order valence-electron chi connectivity index (χ2n) is 2.87. The SMILES string of the molecule is COc1ccnc2nc(C)nc(N)c12. The van der Waals surface area contributed by atoms with Gasteiger partial charge in [0.1, 0.15) is 22.8 Å². The van der Waals surface area contributed by atoms with E-state index >= 15 is 0 Å². The molecule has 5 nitrogen and oxygen atoms in total. The fraction of sp³-hybridized carbons (Fsp3) is 0.222. The van der Waals surface area contributed by atoms with Gasteiger partial charge >= 0.3 is 0 Å². The minimum atomic E-state index is 0.400. The first kappa shape index (κ1) is 8.68. The van der Waals surface area contributed by atoms with Gasteiger partial charge in [-0.05, 0) is 13.0 Å². The zero-order chi connectivity index (χ0) is 10.1. The molecule has 0 aliphatic heterocycles. The number of aryl methyl sites for hydroxylation is 1. The number of rotatable bonds is 1. The molecule has 2 N–H and O–H groups in total. The van der Waals surface area contributed by atoms with Crippen molar-refractivity contribution in [3.8, 4) is 5.75 Å². The van der Waals surface area contributed by atoms with Crippen LogP contribution in [0.4, 0.5) is 5.82 Å². The summed E-state index contributed by atoms with van der Waals surface area (Å²) < 4.78 is 5.15. The average molecular weight is 190 g/mol. The van der Waals surface area contributed by atoms with Gasteiger partial charge in [0.05, 0.1) is 7.11 Å². The summed E-state index contributed by atoms with van der Waals surface area (Å²) in [6, 6.07) is 1.73. The first-order valence-corrected chi connectivity index (χ1v) is 4.15. The van der Waals surface area contributed by atoms with Gasteiger partial charge in [-0.25, -0.2) is 15.0 Å². The number of nitrogens with two attached hydrogens (primary N) is 1. The number of methoxy groups -OCH3 is 1. The van der Waals surface area contributed by atoms with E-state index in [1.54, 1.807) is 26.3 Å². The molecular weight excluding hydrogens is 180 g/mol. The van der Waals surface area contributed by atoms with E-state index in [0.29, 0.717) is 28.4 Å². The maximum Gasteiger partial charge on any atom is 0.168 e. The molecular formula is C9H10N4O. The van der Waals surface area contributed by atoms with Gasteiger partial charge in [0.15, 0.2) is 5.65 Å². The Labute approximate surface area is 81.0 Å². The van der Waals surface area contributed by atoms with Gasteiger partial charge < -0.3 is 10.5 Å². The molecule has 2 aromatic heterocycles. The van der Waals surface area contributed by atoms with Crippen LogP contribution in [0.25, 0.3) is 11.0 Å². The summed E-state index contributed by atoms with van der Waals surface area (Å²) in [5.74, 6) is 1.65. The van der Waals surface area contributed by atoms with Crippen molar-refractivity contribution in [2.24, 2.45) is 0 Å². The maximum atomic E-state index is 5.76. The van der Waals surface area contributed by atoms with Crippen LogP contribution in [-0.2, 0) is 0 Å². The summed E-state index contributed by atoms with van der Waals surface area (Å²) in [4.78, 5) is 12.3. The highest BCUT2D eigenvalue weighted by Crippen LogP contribution is 2.26. The third-order valence-corrected chi connectivity index (χ3v) is 1.92. The van der Waals surface area contributed by atoms with Crippen molar-refractivity contribution in [2.45, 2.75) is 6.92 Å². The molecule has 0 aromatic carbocycles. The van der Waals surface area contributed by atoms with Crippen molar-refractivity contribution in [3.63, 3.8) is 0 Å². The lowest BCUT2D eigenvalue weighted by atomic mass is 10.3. The van der Waals surface area contributed by atoms with Crippen molar-refractivity contribution in [3.05, 3.63) is 18.1 Å². The van der Waals surface area contributed by atoms with E-state index < -0.39 is 0 Å². The van der Waals surface area contributed by atoms with Crippen molar-refractivity contribution < 1.29 is 4.74 Å². The number of fused-ring (bicyclic) bond motifs is 1. The van der Waals surface area contributed by atoms with Crippen LogP contribution in [0, 0.1) is 6.92 Å². The number of anilines is 1. The van der Waals surface area contributed by atoms with Crippen LogP contribution < -0.4 is 10.5 Å². The smallest absolute Gasteiger partial charge is 0.168 e. The van der Waals surface area contributed by atoms with Crippen LogP contribution in [-0.4, -0.2) is 22.1 Å². The highest BCUT2D eigenvalue weighted by atomic mass is 16.5. The van der Waals surface area contributed by atoms with Gasteiger partial charge in [-0.15, -0.1) is 0 Å². The van der Waals surface area contributed by atoms with Crippen LogP contribution in [0.3, 0.4) is 0 Å². The Balaban J connectivity index is 2.87. The quantitative estimate of drug-likeness (QED) is 0.723. The summed E-state index contributed by atoms with van der Waals surface area (Å²) in [6.07, 6.45) is 1.63. The van der Waals surface area contributed by atoms with E-state index in [1.165, 1.54) is 0 Å². The molecule has 5 heteroatoms. The van der Waals surface area contributed by atoms with E-state index in [4.69, 9.17) is 10.5 Å². The molecule has 2 rings (SSSR count). The maximum absolute atomic E-state index is 5.76. The Kier molecular flexibility index (Phi) is 1.92. The lowest BCUT2D eigenvalue weighted by molar-refractivity contribution is 0.419. The lowest BCUT2D eigenvalue weighted by Crippen LogP contribution is -2.00. The molecule has 0 saturated heterocycles. The van der Waals surface area contributed by atoms with E-state index in [0.717, 1.165) is 0 Å². The number of aromatic nitrogens is 3. The van der Waals surface area contributed by atoms with Gasteiger partial charge in [0.25, 0.3) is 0 Å². The Morgan fingerprint density at radius 2 is 2.14 bits per heavy atom. The second kappa shape index (κ2) is 3.10. The first-order chi connectivity index (χ1) is 6.72. The van der Waals surface area contributed by atoms with E-state index in [2.05, 4.69) is 15.0 Å². The summed E-state index contributed by atoms with van der Waals surface area (Å²) in [6.45, 7) is 1.77. The highest BCUT2D eigenvalue weighted by molar-refractivity contribution is 5.91. The summed E-state index contributed by atoms with van der Waals surface area (Å²) in [5, 5.41) is 0.667. The Hall–Kier alpha value is -1.91. The van der Waals surface area contributed by atoms with E-state index in [-0.39, 0.29) is 0 Å². The van der Waals surface area contributed by atoms with Gasteiger partial charge in [-0.2, -0.15) is 0 Å². The Morgan fingerprint density at radius 3 is 2.86 bits per heavy atom. The molecule has 0 saturated carbocycles. The van der Waals surface area contributed by atoms with Gasteiger partial charge in [-0.3, -0.25) is 0 Å². The minimum absolute atomic E-state index is 0.400. The van der Waals surface area contributed by atoms with Crippen LogP contribution in [0.15, 0.2) is 12.3 Å². The Morgan fingerprint density at radius 1 is 1.36 bits per heavy atom. The molecule has 0 atom stereocenters. The van der Waals surface area contributed by atoms with E-state index in [9.17, 15) is 0 Å². The van der Waals surface area contributed by atoms with Crippen molar-refractivity contribution in [2.75, 3.05) is 12.8 Å². The topological polar surface area (TPSA) is 73.9 Å². The normalized spacial score (nSPS) is 10.4. The van der Waals surface area contributed by atoms with Crippen molar-refractivity contribution in [1.29, 1.82) is 0 Å². The third-order valence-electron chi connectivity index (χ3n) is 1.92. The molecule has 14 heavy (non-hydrogen) atoms. The van der Waals surface area contributed by atoms with E-state index in [1.807, 2.05) is 0 Å². The molecule has 0 unspecified atom stereocenters. The number of hydrogen-bond acceptors (Lipinski definition) is 5. The predicted molar refractivity (Wildman–Crippen MR) is 53.0 cm³/mol. The second-order valence-corrected chi connectivity index (χ2v) is 2.87. The van der Waals surface area contributed by atoms with Crippen LogP contribution in [0.1, 0.15) is 5.82 Å². The monoisotopic (exact) mass is 190 g/mol. The molecule has 72 valence electrons. The number of nitrogen functional groups attached to an aromatic ring is 1.